The molecule has 4 rings (SSSR count). The number of benzene rings is 1. The van der Waals surface area contributed by atoms with Crippen LogP contribution in [-0.2, 0) is 13.5 Å². The zero-order valence-electron chi connectivity index (χ0n) is 11.1. The van der Waals surface area contributed by atoms with E-state index in [9.17, 15) is 0 Å². The Hall–Kier alpha value is -1.68. The molecule has 1 aromatic carbocycles. The molecule has 1 aliphatic heterocycles. The molecular weight excluding hydrogens is 236 g/mol. The fourth-order valence-corrected chi connectivity index (χ4v) is 2.92. The number of aryl methyl sites for hydroxylation is 1. The van der Waals surface area contributed by atoms with Crippen molar-refractivity contribution in [3.8, 4) is 0 Å². The number of aromatic nitrogens is 3. The first-order valence-electron chi connectivity index (χ1n) is 7.05. The van der Waals surface area contributed by atoms with Crippen LogP contribution in [0.25, 0.3) is 0 Å². The minimum absolute atomic E-state index is 0.190. The Morgan fingerprint density at radius 1 is 1.26 bits per heavy atom. The van der Waals surface area contributed by atoms with Crippen molar-refractivity contribution in [2.45, 2.75) is 31.2 Å². The lowest BCUT2D eigenvalue weighted by molar-refractivity contribution is 0.519. The number of nitrogens with one attached hydrogen (secondary N) is 1. The Bertz CT molecular complexity index is 612. The van der Waals surface area contributed by atoms with Crippen molar-refractivity contribution in [3.05, 3.63) is 47.0 Å². The summed E-state index contributed by atoms with van der Waals surface area (Å²) in [5, 5.41) is 8.17. The second-order valence-corrected chi connectivity index (χ2v) is 5.56. The smallest absolute Gasteiger partial charge is 0.154 e. The van der Waals surface area contributed by atoms with Crippen LogP contribution < -0.4 is 5.32 Å². The van der Waals surface area contributed by atoms with Gasteiger partial charge in [-0.1, -0.05) is 24.3 Å². The third-order valence-electron chi connectivity index (χ3n) is 4.12. The third-order valence-corrected chi connectivity index (χ3v) is 4.12. The van der Waals surface area contributed by atoms with Gasteiger partial charge in [-0.2, -0.15) is 5.10 Å². The largest absolute Gasteiger partial charge is 0.303 e. The van der Waals surface area contributed by atoms with E-state index < -0.39 is 0 Å². The van der Waals surface area contributed by atoms with Crippen molar-refractivity contribution in [3.63, 3.8) is 0 Å². The summed E-state index contributed by atoms with van der Waals surface area (Å²) in [6.45, 7) is 1.01. The van der Waals surface area contributed by atoms with E-state index >= 15 is 0 Å². The van der Waals surface area contributed by atoms with Crippen molar-refractivity contribution in [1.82, 2.24) is 20.1 Å². The SMILES string of the molecule is Cn1nc(C2CC2)nc1C1NCCc2ccccc21. The zero-order chi connectivity index (χ0) is 12.8. The predicted molar refractivity (Wildman–Crippen MR) is 73.0 cm³/mol. The molecule has 4 heteroatoms. The second kappa shape index (κ2) is 4.17. The summed E-state index contributed by atoms with van der Waals surface area (Å²) < 4.78 is 1.95. The molecule has 1 fully saturated rings. The molecule has 1 aromatic heterocycles. The first-order valence-corrected chi connectivity index (χ1v) is 7.05. The van der Waals surface area contributed by atoms with Crippen LogP contribution in [0.3, 0.4) is 0 Å². The molecule has 2 aliphatic rings. The maximum Gasteiger partial charge on any atom is 0.154 e. The van der Waals surface area contributed by atoms with Crippen LogP contribution in [0.2, 0.25) is 0 Å². The van der Waals surface area contributed by atoms with Crippen molar-refractivity contribution < 1.29 is 0 Å². The molecule has 1 aliphatic carbocycles. The van der Waals surface area contributed by atoms with Crippen LogP contribution >= 0.6 is 0 Å². The van der Waals surface area contributed by atoms with Gasteiger partial charge in [0.15, 0.2) is 5.82 Å². The van der Waals surface area contributed by atoms with Gasteiger partial charge in [-0.3, -0.25) is 4.68 Å². The average molecular weight is 254 g/mol. The van der Waals surface area contributed by atoms with Crippen LogP contribution in [0, 0.1) is 0 Å². The minimum atomic E-state index is 0.190. The van der Waals surface area contributed by atoms with Crippen molar-refractivity contribution in [2.24, 2.45) is 7.05 Å². The quantitative estimate of drug-likeness (QED) is 0.890. The van der Waals surface area contributed by atoms with Gasteiger partial charge in [0.05, 0.1) is 6.04 Å². The van der Waals surface area contributed by atoms with Gasteiger partial charge in [0.25, 0.3) is 0 Å². The van der Waals surface area contributed by atoms with E-state index in [0.717, 1.165) is 24.6 Å². The first-order chi connectivity index (χ1) is 9.33. The van der Waals surface area contributed by atoms with Crippen molar-refractivity contribution in [1.29, 1.82) is 0 Å². The van der Waals surface area contributed by atoms with E-state index in [4.69, 9.17) is 4.98 Å². The minimum Gasteiger partial charge on any atom is -0.303 e. The molecule has 1 atom stereocenters. The van der Waals surface area contributed by atoms with Gasteiger partial charge in [0, 0.05) is 19.5 Å². The Morgan fingerprint density at radius 3 is 2.95 bits per heavy atom. The van der Waals surface area contributed by atoms with Gasteiger partial charge in [-0.15, -0.1) is 0 Å². The summed E-state index contributed by atoms with van der Waals surface area (Å²) in [6, 6.07) is 8.85. The summed E-state index contributed by atoms with van der Waals surface area (Å²) in [6.07, 6.45) is 3.59. The van der Waals surface area contributed by atoms with Gasteiger partial charge in [-0.25, -0.2) is 4.98 Å². The van der Waals surface area contributed by atoms with Gasteiger partial charge in [0.2, 0.25) is 0 Å². The normalized spacial score (nSPS) is 22.3. The van der Waals surface area contributed by atoms with Gasteiger partial charge < -0.3 is 5.32 Å². The molecule has 1 saturated carbocycles. The second-order valence-electron chi connectivity index (χ2n) is 5.56. The van der Waals surface area contributed by atoms with Gasteiger partial charge in [-0.05, 0) is 30.4 Å². The first kappa shape index (κ1) is 11.2. The summed E-state index contributed by atoms with van der Waals surface area (Å²) in [5.41, 5.74) is 2.79. The number of hydrogen-bond donors (Lipinski definition) is 1. The topological polar surface area (TPSA) is 42.7 Å². The van der Waals surface area contributed by atoms with Crippen molar-refractivity contribution >= 4 is 0 Å². The lowest BCUT2D eigenvalue weighted by Gasteiger charge is -2.25. The Balaban J connectivity index is 1.76. The fraction of sp³-hybridized carbons (Fsp3) is 0.467. The molecule has 1 N–H and O–H groups in total. The van der Waals surface area contributed by atoms with E-state index in [1.54, 1.807) is 0 Å². The highest BCUT2D eigenvalue weighted by Gasteiger charge is 2.31. The highest BCUT2D eigenvalue weighted by Crippen LogP contribution is 2.39. The lowest BCUT2D eigenvalue weighted by Crippen LogP contribution is -2.32. The van der Waals surface area contributed by atoms with Crippen LogP contribution in [0.15, 0.2) is 24.3 Å². The fourth-order valence-electron chi connectivity index (χ4n) is 2.92. The Morgan fingerprint density at radius 2 is 2.11 bits per heavy atom. The third kappa shape index (κ3) is 1.87. The van der Waals surface area contributed by atoms with E-state index in [1.165, 1.54) is 24.0 Å². The summed E-state index contributed by atoms with van der Waals surface area (Å²) in [4.78, 5) is 4.78. The lowest BCUT2D eigenvalue weighted by atomic mass is 9.94. The zero-order valence-corrected chi connectivity index (χ0v) is 11.1. The molecule has 0 radical (unpaired) electrons. The Labute approximate surface area is 112 Å². The highest BCUT2D eigenvalue weighted by atomic mass is 15.3. The van der Waals surface area contributed by atoms with E-state index in [2.05, 4.69) is 34.7 Å². The van der Waals surface area contributed by atoms with E-state index in [1.807, 2.05) is 11.7 Å². The molecule has 0 spiro atoms. The van der Waals surface area contributed by atoms with Gasteiger partial charge >= 0.3 is 0 Å². The summed E-state index contributed by atoms with van der Waals surface area (Å²) >= 11 is 0. The van der Waals surface area contributed by atoms with Crippen LogP contribution in [-0.4, -0.2) is 21.3 Å². The Kier molecular flexibility index (Phi) is 2.45. The molecule has 2 heterocycles. The van der Waals surface area contributed by atoms with E-state index in [0.29, 0.717) is 5.92 Å². The average Bonchev–Trinajstić information content (AvgIpc) is 3.22. The van der Waals surface area contributed by atoms with E-state index in [-0.39, 0.29) is 6.04 Å². The molecular formula is C15H18N4. The molecule has 0 amide bonds. The number of hydrogen-bond acceptors (Lipinski definition) is 3. The molecule has 2 aromatic rings. The highest BCUT2D eigenvalue weighted by molar-refractivity contribution is 5.36. The maximum atomic E-state index is 4.78. The molecule has 4 nitrogen and oxygen atoms in total. The number of rotatable bonds is 2. The maximum absolute atomic E-state index is 4.78. The molecule has 0 bridgehead atoms. The molecule has 19 heavy (non-hydrogen) atoms. The van der Waals surface area contributed by atoms with Crippen LogP contribution in [0.4, 0.5) is 0 Å². The molecule has 98 valence electrons. The molecule has 0 saturated heterocycles. The number of nitrogens with zero attached hydrogens (tertiary/aromatic N) is 3. The van der Waals surface area contributed by atoms with Crippen LogP contribution in [0.5, 0.6) is 0 Å². The molecule has 1 unspecified atom stereocenters. The number of fused-ring (bicyclic) bond motifs is 1. The van der Waals surface area contributed by atoms with Gasteiger partial charge in [0.1, 0.15) is 5.82 Å². The summed E-state index contributed by atoms with van der Waals surface area (Å²) in [7, 11) is 2.01. The summed E-state index contributed by atoms with van der Waals surface area (Å²) in [5.74, 6) is 2.69. The van der Waals surface area contributed by atoms with Crippen LogP contribution in [0.1, 0.15) is 47.6 Å². The predicted octanol–water partition coefficient (Wildman–Crippen LogP) is 1.93. The monoisotopic (exact) mass is 254 g/mol. The van der Waals surface area contributed by atoms with Crippen molar-refractivity contribution in [2.75, 3.05) is 6.54 Å². The standard InChI is InChI=1S/C15H18N4/c1-19-15(17-14(18-19)11-6-7-11)13-12-5-3-2-4-10(12)8-9-16-13/h2-5,11,13,16H,6-9H2,1H3.